The van der Waals surface area contributed by atoms with Crippen LogP contribution in [-0.4, -0.2) is 35.2 Å². The molecule has 0 aliphatic carbocycles. The molecule has 2 aromatic rings. The van der Waals surface area contributed by atoms with Crippen LogP contribution < -0.4 is 0 Å². The average molecular weight is 403 g/mol. The zero-order valence-corrected chi connectivity index (χ0v) is 18.7. The van der Waals surface area contributed by atoms with Crippen molar-refractivity contribution < 1.29 is 18.4 Å². The molecule has 5 heteroatoms. The fraction of sp³-hybridized carbons (Fsp3) is 0.478. The number of aromatic hydroxyl groups is 1. The quantitative estimate of drug-likeness (QED) is 0.371. The van der Waals surface area contributed by atoms with Gasteiger partial charge in [-0.3, -0.25) is 0 Å². The first kappa shape index (κ1) is 22.6. The van der Waals surface area contributed by atoms with E-state index in [4.69, 9.17) is 13.3 Å². The van der Waals surface area contributed by atoms with E-state index in [1.165, 1.54) is 30.4 Å². The first-order chi connectivity index (χ1) is 13.6. The molecule has 0 amide bonds. The highest BCUT2D eigenvalue weighted by molar-refractivity contribution is 6.60. The van der Waals surface area contributed by atoms with Gasteiger partial charge in [0.05, 0.1) is 0 Å². The third-order valence-corrected chi connectivity index (χ3v) is 8.12. The highest BCUT2D eigenvalue weighted by Gasteiger charge is 2.36. The van der Waals surface area contributed by atoms with E-state index in [0.717, 1.165) is 36.4 Å². The predicted molar refractivity (Wildman–Crippen MR) is 117 cm³/mol. The number of hydrogen-bond donors (Lipinski definition) is 1. The highest BCUT2D eigenvalue weighted by atomic mass is 28.4. The van der Waals surface area contributed by atoms with Gasteiger partial charge in [0.15, 0.2) is 0 Å². The average Bonchev–Trinajstić information content (AvgIpc) is 2.73. The molecule has 28 heavy (non-hydrogen) atoms. The lowest BCUT2D eigenvalue weighted by atomic mass is 9.95. The molecule has 1 N–H and O–H groups in total. The maximum absolute atomic E-state index is 9.98. The number of rotatable bonds is 12. The molecule has 0 heterocycles. The molecule has 0 aliphatic heterocycles. The predicted octanol–water partition coefficient (Wildman–Crippen LogP) is 5.60. The zero-order valence-electron chi connectivity index (χ0n) is 17.7. The van der Waals surface area contributed by atoms with Gasteiger partial charge in [-0.1, -0.05) is 50.1 Å². The monoisotopic (exact) mass is 402 g/mol. The Morgan fingerprint density at radius 2 is 1.50 bits per heavy atom. The Kier molecular flexibility index (Phi) is 9.18. The molecule has 0 unspecified atom stereocenters. The number of aryl methyl sites for hydroxylation is 2. The molecule has 2 aromatic carbocycles. The van der Waals surface area contributed by atoms with Crippen molar-refractivity contribution in [1.29, 1.82) is 0 Å². The smallest absolute Gasteiger partial charge is 0.500 e. The Bertz CT molecular complexity index is 703. The lowest BCUT2D eigenvalue weighted by Gasteiger charge is -2.24. The van der Waals surface area contributed by atoms with Gasteiger partial charge in [-0.05, 0) is 60.1 Å². The van der Waals surface area contributed by atoms with Gasteiger partial charge >= 0.3 is 8.80 Å². The maximum atomic E-state index is 9.98. The molecule has 2 rings (SSSR count). The molecule has 0 atom stereocenters. The summed E-state index contributed by atoms with van der Waals surface area (Å²) in [5.74, 6) is 0.295. The van der Waals surface area contributed by atoms with Crippen LogP contribution in [0.5, 0.6) is 5.75 Å². The molecule has 0 saturated heterocycles. The van der Waals surface area contributed by atoms with Crippen LogP contribution in [0.1, 0.15) is 43.7 Å². The van der Waals surface area contributed by atoms with Gasteiger partial charge < -0.3 is 18.4 Å². The van der Waals surface area contributed by atoms with Crippen molar-refractivity contribution in [2.24, 2.45) is 0 Å². The molecule has 0 radical (unpaired) electrons. The van der Waals surface area contributed by atoms with Gasteiger partial charge in [0.1, 0.15) is 5.75 Å². The van der Waals surface area contributed by atoms with Crippen LogP contribution in [0.2, 0.25) is 6.04 Å². The van der Waals surface area contributed by atoms with E-state index >= 15 is 0 Å². The van der Waals surface area contributed by atoms with E-state index in [1.54, 1.807) is 27.4 Å². The molecule has 0 saturated carbocycles. The second kappa shape index (κ2) is 11.4. The summed E-state index contributed by atoms with van der Waals surface area (Å²) in [6, 6.07) is 15.2. The lowest BCUT2D eigenvalue weighted by molar-refractivity contribution is 0.123. The zero-order chi connectivity index (χ0) is 20.4. The minimum absolute atomic E-state index is 0.295. The van der Waals surface area contributed by atoms with Crippen molar-refractivity contribution in [2.45, 2.75) is 51.5 Å². The summed E-state index contributed by atoms with van der Waals surface area (Å²) in [4.78, 5) is 0. The third kappa shape index (κ3) is 6.17. The topological polar surface area (TPSA) is 47.9 Å². The van der Waals surface area contributed by atoms with E-state index in [-0.39, 0.29) is 0 Å². The third-order valence-electron chi connectivity index (χ3n) is 5.28. The Balaban J connectivity index is 2.11. The molecule has 4 nitrogen and oxygen atoms in total. The van der Waals surface area contributed by atoms with E-state index < -0.39 is 8.80 Å². The van der Waals surface area contributed by atoms with Crippen LogP contribution in [0, 0.1) is 0 Å². The second-order valence-electron chi connectivity index (χ2n) is 7.14. The first-order valence-electron chi connectivity index (χ1n) is 10.1. The molecular formula is C23H34O4Si. The molecule has 0 spiro atoms. The summed E-state index contributed by atoms with van der Waals surface area (Å²) in [7, 11) is 2.35. The minimum Gasteiger partial charge on any atom is -0.508 e. The summed E-state index contributed by atoms with van der Waals surface area (Å²) in [5.41, 5.74) is 4.86. The summed E-state index contributed by atoms with van der Waals surface area (Å²) in [6.45, 7) is 2.23. The Morgan fingerprint density at radius 1 is 0.821 bits per heavy atom. The number of unbranched alkanes of at least 4 members (excludes halogenated alkanes) is 2. The molecule has 0 aromatic heterocycles. The second-order valence-corrected chi connectivity index (χ2v) is 10.2. The summed E-state index contributed by atoms with van der Waals surface area (Å²) < 4.78 is 16.5. The fourth-order valence-electron chi connectivity index (χ4n) is 3.55. The van der Waals surface area contributed by atoms with Crippen LogP contribution in [0.3, 0.4) is 0 Å². The van der Waals surface area contributed by atoms with E-state index in [0.29, 0.717) is 5.75 Å². The van der Waals surface area contributed by atoms with E-state index in [2.05, 4.69) is 31.2 Å². The van der Waals surface area contributed by atoms with Crippen molar-refractivity contribution in [3.05, 3.63) is 53.6 Å². The normalized spacial score (nSPS) is 11.7. The highest BCUT2D eigenvalue weighted by Crippen LogP contribution is 2.29. The van der Waals surface area contributed by atoms with Crippen LogP contribution in [-0.2, 0) is 26.1 Å². The van der Waals surface area contributed by atoms with Gasteiger partial charge in [0, 0.05) is 27.4 Å². The lowest BCUT2D eigenvalue weighted by Crippen LogP contribution is -2.42. The van der Waals surface area contributed by atoms with Crippen molar-refractivity contribution in [3.8, 4) is 16.9 Å². The largest absolute Gasteiger partial charge is 0.508 e. The van der Waals surface area contributed by atoms with Crippen molar-refractivity contribution in [2.75, 3.05) is 21.3 Å². The summed E-state index contributed by atoms with van der Waals surface area (Å²) in [6.07, 6.45) is 6.59. The van der Waals surface area contributed by atoms with E-state index in [9.17, 15) is 5.11 Å². The maximum Gasteiger partial charge on any atom is 0.500 e. The minimum atomic E-state index is -2.57. The summed E-state index contributed by atoms with van der Waals surface area (Å²) in [5, 5.41) is 9.98. The van der Waals surface area contributed by atoms with Gasteiger partial charge in [0.25, 0.3) is 0 Å². The fourth-order valence-corrected chi connectivity index (χ4v) is 5.27. The van der Waals surface area contributed by atoms with Crippen LogP contribution in [0.15, 0.2) is 42.5 Å². The Labute approximate surface area is 170 Å². The molecule has 154 valence electrons. The number of benzene rings is 2. The van der Waals surface area contributed by atoms with E-state index in [1.807, 2.05) is 12.1 Å². The van der Waals surface area contributed by atoms with Crippen LogP contribution in [0.25, 0.3) is 11.1 Å². The van der Waals surface area contributed by atoms with Gasteiger partial charge in [-0.2, -0.15) is 0 Å². The van der Waals surface area contributed by atoms with Crippen molar-refractivity contribution >= 4 is 8.80 Å². The summed E-state index contributed by atoms with van der Waals surface area (Å²) >= 11 is 0. The van der Waals surface area contributed by atoms with Crippen LogP contribution >= 0.6 is 0 Å². The Hall–Kier alpha value is -1.66. The van der Waals surface area contributed by atoms with Gasteiger partial charge in [-0.15, -0.1) is 0 Å². The molecule has 0 fully saturated rings. The van der Waals surface area contributed by atoms with Crippen LogP contribution in [0.4, 0.5) is 0 Å². The van der Waals surface area contributed by atoms with Crippen molar-refractivity contribution in [3.63, 3.8) is 0 Å². The Morgan fingerprint density at radius 3 is 2.11 bits per heavy atom. The molecule has 0 aliphatic rings. The standard InChI is InChI=1S/C23H34O4Si/c1-5-6-7-9-19-11-13-20(14-12-19)23-16-15-22(24)18-21(23)10-8-17-28(25-2,26-3)27-4/h11-16,18,24H,5-10,17H2,1-4H3. The van der Waals surface area contributed by atoms with Gasteiger partial charge in [-0.25, -0.2) is 0 Å². The number of phenolic OH excluding ortho intramolecular Hbond substituents is 1. The number of phenols is 1. The number of hydrogen-bond acceptors (Lipinski definition) is 4. The SMILES string of the molecule is CCCCCc1ccc(-c2ccc(O)cc2CCC[Si](OC)(OC)OC)cc1. The van der Waals surface area contributed by atoms with Gasteiger partial charge in [0.2, 0.25) is 0 Å². The van der Waals surface area contributed by atoms with Crippen molar-refractivity contribution in [1.82, 2.24) is 0 Å². The molecular weight excluding hydrogens is 368 g/mol. The molecule has 0 bridgehead atoms. The first-order valence-corrected chi connectivity index (χ1v) is 12.1.